The molecule has 0 saturated carbocycles. The molecule has 0 saturated heterocycles. The van der Waals surface area contributed by atoms with E-state index in [0.29, 0.717) is 0 Å². The summed E-state index contributed by atoms with van der Waals surface area (Å²) in [6.45, 7) is 2.94. The maximum absolute atomic E-state index is 11.5. The molecule has 0 fully saturated rings. The number of amides is 1. The van der Waals surface area contributed by atoms with Crippen LogP contribution in [0.2, 0.25) is 0 Å². The first-order valence-corrected chi connectivity index (χ1v) is 4.59. The van der Waals surface area contributed by atoms with E-state index in [-0.39, 0.29) is 12.4 Å². The minimum Gasteiger partial charge on any atom is -0.481 e. The van der Waals surface area contributed by atoms with Crippen LogP contribution in [0.3, 0.4) is 0 Å². The van der Waals surface area contributed by atoms with Gasteiger partial charge in [-0.2, -0.15) is 5.10 Å². The Labute approximate surface area is 91.9 Å². The Kier molecular flexibility index (Phi) is 3.49. The number of carboxylic acids is 1. The van der Waals surface area contributed by atoms with Crippen molar-refractivity contribution in [1.82, 2.24) is 15.2 Å². The molecular weight excluding hydrogens is 212 g/mol. The fraction of sp³-hybridized carbons (Fsp3) is 0.444. The number of carbonyl (C=O) groups is 2. The number of hydrogen-bond acceptors (Lipinski definition) is 5. The Morgan fingerprint density at radius 3 is 2.62 bits per heavy atom. The third-order valence-corrected chi connectivity index (χ3v) is 1.92. The van der Waals surface area contributed by atoms with E-state index in [1.54, 1.807) is 0 Å². The second kappa shape index (κ2) is 4.65. The lowest BCUT2D eigenvalue weighted by Gasteiger charge is -2.17. The van der Waals surface area contributed by atoms with Crippen molar-refractivity contribution in [2.75, 3.05) is 5.32 Å². The molecule has 0 bridgehead atoms. The highest BCUT2D eigenvalue weighted by molar-refractivity contribution is 5.92. The second-order valence-corrected chi connectivity index (χ2v) is 3.88. The van der Waals surface area contributed by atoms with Crippen molar-refractivity contribution >= 4 is 17.8 Å². The minimum absolute atomic E-state index is 0.0636. The topological polar surface area (TPSA) is 105 Å². The smallest absolute Gasteiger partial charge is 0.309 e. The molecule has 0 aliphatic carbocycles. The molecule has 1 amide bonds. The number of hydrogen-bond donors (Lipinski definition) is 2. The number of carbonyl (C=O) groups excluding carboxylic acids is 1. The summed E-state index contributed by atoms with van der Waals surface area (Å²) in [6, 6.07) is 0. The molecule has 1 aromatic heterocycles. The molecule has 1 heterocycles. The maximum Gasteiger partial charge on any atom is 0.309 e. The van der Waals surface area contributed by atoms with Crippen molar-refractivity contribution < 1.29 is 14.7 Å². The zero-order valence-corrected chi connectivity index (χ0v) is 8.97. The third kappa shape index (κ3) is 3.26. The van der Waals surface area contributed by atoms with Gasteiger partial charge >= 0.3 is 5.97 Å². The Balaban J connectivity index is 2.58. The van der Waals surface area contributed by atoms with Crippen molar-refractivity contribution in [3.63, 3.8) is 0 Å². The Bertz CT molecular complexity index is 391. The van der Waals surface area contributed by atoms with Crippen LogP contribution in [0.25, 0.3) is 0 Å². The first-order valence-electron chi connectivity index (χ1n) is 4.59. The van der Waals surface area contributed by atoms with E-state index < -0.39 is 17.3 Å². The summed E-state index contributed by atoms with van der Waals surface area (Å²) in [7, 11) is 0. The van der Waals surface area contributed by atoms with Crippen LogP contribution < -0.4 is 5.32 Å². The second-order valence-electron chi connectivity index (χ2n) is 3.88. The van der Waals surface area contributed by atoms with Gasteiger partial charge in [-0.05, 0) is 13.8 Å². The van der Waals surface area contributed by atoms with Crippen LogP contribution in [-0.4, -0.2) is 32.2 Å². The van der Waals surface area contributed by atoms with Gasteiger partial charge in [0.15, 0.2) is 0 Å². The van der Waals surface area contributed by atoms with Crippen molar-refractivity contribution in [1.29, 1.82) is 0 Å². The van der Waals surface area contributed by atoms with Crippen LogP contribution in [0.5, 0.6) is 0 Å². The maximum atomic E-state index is 11.5. The molecule has 0 unspecified atom stereocenters. The number of aliphatic carboxylic acids is 1. The first kappa shape index (κ1) is 12.0. The number of rotatable bonds is 4. The van der Waals surface area contributed by atoms with Gasteiger partial charge in [0.2, 0.25) is 11.9 Å². The third-order valence-electron chi connectivity index (χ3n) is 1.92. The predicted octanol–water partition coefficient (Wildman–Crippen LogP) is 0.311. The lowest BCUT2D eigenvalue weighted by Crippen LogP contribution is -2.30. The molecule has 7 heteroatoms. The van der Waals surface area contributed by atoms with Crippen molar-refractivity contribution in [2.45, 2.75) is 20.3 Å². The van der Waals surface area contributed by atoms with Crippen molar-refractivity contribution in [2.24, 2.45) is 5.41 Å². The van der Waals surface area contributed by atoms with Crippen LogP contribution in [-0.2, 0) is 9.59 Å². The molecule has 0 radical (unpaired) electrons. The van der Waals surface area contributed by atoms with Gasteiger partial charge in [0, 0.05) is 6.42 Å². The van der Waals surface area contributed by atoms with Crippen LogP contribution in [0.15, 0.2) is 12.4 Å². The van der Waals surface area contributed by atoms with E-state index in [0.717, 1.165) is 0 Å². The summed E-state index contributed by atoms with van der Waals surface area (Å²) in [5.74, 6) is -1.43. The van der Waals surface area contributed by atoms with Crippen molar-refractivity contribution in [3.8, 4) is 0 Å². The molecule has 0 aromatic carbocycles. The van der Waals surface area contributed by atoms with E-state index in [9.17, 15) is 9.59 Å². The molecule has 2 N–H and O–H groups in total. The fourth-order valence-corrected chi connectivity index (χ4v) is 0.951. The van der Waals surface area contributed by atoms with Crippen LogP contribution in [0, 0.1) is 5.41 Å². The first-order chi connectivity index (χ1) is 7.42. The predicted molar refractivity (Wildman–Crippen MR) is 54.5 cm³/mol. The normalized spacial score (nSPS) is 10.9. The lowest BCUT2D eigenvalue weighted by atomic mass is 9.89. The molecule has 0 aliphatic heterocycles. The molecule has 1 rings (SSSR count). The molecule has 7 nitrogen and oxygen atoms in total. The SMILES string of the molecule is CC(C)(CC(=O)Nc1nccnn1)C(=O)O. The molecular formula is C9H12N4O3. The van der Waals surface area contributed by atoms with Crippen molar-refractivity contribution in [3.05, 3.63) is 12.4 Å². The number of nitrogens with zero attached hydrogens (tertiary/aromatic N) is 3. The molecule has 0 atom stereocenters. The molecule has 86 valence electrons. The van der Waals surface area contributed by atoms with Gasteiger partial charge in [0.05, 0.1) is 17.8 Å². The average Bonchev–Trinajstić information content (AvgIpc) is 2.17. The largest absolute Gasteiger partial charge is 0.481 e. The standard InChI is InChI=1S/C9H12N4O3/c1-9(2,7(15)16)5-6(14)12-8-10-3-4-11-13-8/h3-4H,5H2,1-2H3,(H,15,16)(H,10,12,13,14). The summed E-state index contributed by atoms with van der Waals surface area (Å²) in [6.07, 6.45) is 2.60. The number of aromatic nitrogens is 3. The van der Waals surface area contributed by atoms with Gasteiger partial charge < -0.3 is 5.11 Å². The Morgan fingerprint density at radius 1 is 1.44 bits per heavy atom. The summed E-state index contributed by atoms with van der Waals surface area (Å²) in [5.41, 5.74) is -1.12. The van der Waals surface area contributed by atoms with Gasteiger partial charge in [-0.25, -0.2) is 4.98 Å². The summed E-state index contributed by atoms with van der Waals surface area (Å²) in [4.78, 5) is 26.0. The minimum atomic E-state index is -1.12. The summed E-state index contributed by atoms with van der Waals surface area (Å²) < 4.78 is 0. The van der Waals surface area contributed by atoms with E-state index in [2.05, 4.69) is 20.5 Å². The highest BCUT2D eigenvalue weighted by Crippen LogP contribution is 2.20. The number of carboxylic acid groups (broad SMARTS) is 1. The Hall–Kier alpha value is -2.05. The average molecular weight is 224 g/mol. The van der Waals surface area contributed by atoms with Gasteiger partial charge in [0.25, 0.3) is 0 Å². The highest BCUT2D eigenvalue weighted by atomic mass is 16.4. The van der Waals surface area contributed by atoms with E-state index in [1.807, 2.05) is 0 Å². The number of anilines is 1. The fourth-order valence-electron chi connectivity index (χ4n) is 0.951. The molecule has 0 aliphatic rings. The highest BCUT2D eigenvalue weighted by Gasteiger charge is 2.30. The quantitative estimate of drug-likeness (QED) is 0.762. The van der Waals surface area contributed by atoms with Gasteiger partial charge in [-0.1, -0.05) is 0 Å². The Morgan fingerprint density at radius 2 is 2.12 bits per heavy atom. The molecule has 1 aromatic rings. The molecule has 16 heavy (non-hydrogen) atoms. The number of nitrogens with one attached hydrogen (secondary N) is 1. The summed E-state index contributed by atoms with van der Waals surface area (Å²) >= 11 is 0. The van der Waals surface area contributed by atoms with Crippen LogP contribution in [0.4, 0.5) is 5.95 Å². The van der Waals surface area contributed by atoms with E-state index >= 15 is 0 Å². The van der Waals surface area contributed by atoms with Crippen LogP contribution >= 0.6 is 0 Å². The lowest BCUT2D eigenvalue weighted by molar-refractivity contribution is -0.148. The summed E-state index contributed by atoms with van der Waals surface area (Å²) in [5, 5.41) is 18.3. The monoisotopic (exact) mass is 224 g/mol. The van der Waals surface area contributed by atoms with Crippen LogP contribution in [0.1, 0.15) is 20.3 Å². The van der Waals surface area contributed by atoms with E-state index in [4.69, 9.17) is 5.11 Å². The zero-order chi connectivity index (χ0) is 12.2. The van der Waals surface area contributed by atoms with Gasteiger partial charge in [-0.15, -0.1) is 5.10 Å². The zero-order valence-electron chi connectivity index (χ0n) is 8.97. The van der Waals surface area contributed by atoms with Gasteiger partial charge in [-0.3, -0.25) is 14.9 Å². The molecule has 0 spiro atoms. The van der Waals surface area contributed by atoms with Gasteiger partial charge in [0.1, 0.15) is 0 Å². The van der Waals surface area contributed by atoms with E-state index in [1.165, 1.54) is 26.2 Å².